The van der Waals surface area contributed by atoms with Crippen LogP contribution >= 0.6 is 0 Å². The zero-order valence-corrected chi connectivity index (χ0v) is 26.7. The lowest BCUT2D eigenvalue weighted by Crippen LogP contribution is -2.42. The predicted molar refractivity (Wildman–Crippen MR) is 162 cm³/mol. The molecule has 3 aromatic rings. The Morgan fingerprint density at radius 2 is 1.77 bits per heavy atom. The van der Waals surface area contributed by atoms with Crippen molar-refractivity contribution in [2.75, 3.05) is 38.7 Å². The number of hydrogen-bond acceptors (Lipinski definition) is 8. The van der Waals surface area contributed by atoms with Gasteiger partial charge in [0.15, 0.2) is 0 Å². The number of anilines is 1. The van der Waals surface area contributed by atoms with Crippen LogP contribution in [0.25, 0.3) is 17.2 Å². The smallest absolute Gasteiger partial charge is 0.477 e. The number of likely N-dealkylation sites (N-methyl/N-ethyl adjacent to an activating group) is 1. The summed E-state index contributed by atoms with van der Waals surface area (Å²) in [5.74, 6) is -0.167. The van der Waals surface area contributed by atoms with Gasteiger partial charge in [-0.2, -0.15) is 23.1 Å². The van der Waals surface area contributed by atoms with Gasteiger partial charge < -0.3 is 24.4 Å². The van der Waals surface area contributed by atoms with E-state index in [1.807, 2.05) is 20.8 Å². The molecule has 3 rings (SSSR count). The molecule has 0 radical (unpaired) electrons. The molecule has 0 saturated carbocycles. The number of hydrogen-bond donors (Lipinski definition) is 1. The highest BCUT2D eigenvalue weighted by Crippen LogP contribution is 2.27. The van der Waals surface area contributed by atoms with Crippen LogP contribution in [-0.4, -0.2) is 82.3 Å². The highest BCUT2D eigenvalue weighted by molar-refractivity contribution is 5.84. The van der Waals surface area contributed by atoms with E-state index >= 15 is 0 Å². The Hall–Kier alpha value is -4.08. The largest absolute Gasteiger partial charge is 0.573 e. The summed E-state index contributed by atoms with van der Waals surface area (Å²) >= 11 is 0. The number of alkyl halides is 6. The standard InChI is InChI=1S/C31H40F6N6O4/c1-5-21(3)17-24(28(44)42(4)14-8-15-45-6-2)39-26-18-27(46-16-7-13-30(32,33)34)41-29(40-26)43-19-25(38-20-43)22-9-11-23(12-10-22)47-31(35,36)37/h9-12,18-21,24H,5-8,13-17H2,1-4H3,(H,39,40,41)/t21?,24-/m0/s1. The number of aromatic nitrogens is 4. The highest BCUT2D eigenvalue weighted by atomic mass is 19.4. The number of ether oxygens (including phenoxy) is 3. The first-order valence-corrected chi connectivity index (χ1v) is 15.3. The van der Waals surface area contributed by atoms with Crippen molar-refractivity contribution in [3.8, 4) is 28.8 Å². The Kier molecular flexibility index (Phi) is 13.7. The van der Waals surface area contributed by atoms with Crippen molar-refractivity contribution in [2.45, 2.75) is 71.5 Å². The third-order valence-corrected chi connectivity index (χ3v) is 7.06. The average molecular weight is 675 g/mol. The molecule has 47 heavy (non-hydrogen) atoms. The molecule has 0 aliphatic rings. The summed E-state index contributed by atoms with van der Waals surface area (Å²) in [4.78, 5) is 28.3. The Balaban J connectivity index is 1.89. The van der Waals surface area contributed by atoms with E-state index in [1.54, 1.807) is 11.9 Å². The molecular formula is C31H40F6N6O4. The van der Waals surface area contributed by atoms with Gasteiger partial charge in [-0.3, -0.25) is 9.36 Å². The Morgan fingerprint density at radius 3 is 2.40 bits per heavy atom. The van der Waals surface area contributed by atoms with Crippen molar-refractivity contribution in [3.05, 3.63) is 42.9 Å². The fraction of sp³-hybridized carbons (Fsp3) is 0.548. The number of benzene rings is 1. The van der Waals surface area contributed by atoms with Crippen molar-refractivity contribution < 1.29 is 45.3 Å². The van der Waals surface area contributed by atoms with Crippen LogP contribution in [0.15, 0.2) is 42.9 Å². The second-order valence-electron chi connectivity index (χ2n) is 11.0. The lowest BCUT2D eigenvalue weighted by Gasteiger charge is -2.27. The number of nitrogens with one attached hydrogen (secondary N) is 1. The fourth-order valence-electron chi connectivity index (χ4n) is 4.43. The van der Waals surface area contributed by atoms with Crippen molar-refractivity contribution >= 4 is 11.7 Å². The number of carbonyl (C=O) groups is 1. The van der Waals surface area contributed by atoms with E-state index in [0.717, 1.165) is 18.6 Å². The molecule has 1 aromatic carbocycles. The number of imidazole rings is 1. The van der Waals surface area contributed by atoms with Gasteiger partial charge in [-0.1, -0.05) is 20.3 Å². The molecule has 1 N–H and O–H groups in total. The van der Waals surface area contributed by atoms with Crippen LogP contribution in [0.2, 0.25) is 0 Å². The van der Waals surface area contributed by atoms with Gasteiger partial charge in [0, 0.05) is 51.1 Å². The van der Waals surface area contributed by atoms with Crippen molar-refractivity contribution in [2.24, 2.45) is 5.92 Å². The van der Waals surface area contributed by atoms with Crippen LogP contribution in [0.5, 0.6) is 11.6 Å². The number of halogens is 6. The molecule has 0 fully saturated rings. The third-order valence-electron chi connectivity index (χ3n) is 7.06. The van der Waals surface area contributed by atoms with Crippen molar-refractivity contribution in [1.82, 2.24) is 24.4 Å². The van der Waals surface area contributed by atoms with Crippen molar-refractivity contribution in [3.63, 3.8) is 0 Å². The lowest BCUT2D eigenvalue weighted by atomic mass is 9.98. The molecular weight excluding hydrogens is 634 g/mol. The lowest BCUT2D eigenvalue weighted by molar-refractivity contribution is -0.274. The first-order chi connectivity index (χ1) is 22.2. The Bertz CT molecular complexity index is 1400. The summed E-state index contributed by atoms with van der Waals surface area (Å²) in [5.41, 5.74) is 0.847. The zero-order chi connectivity index (χ0) is 34.6. The monoisotopic (exact) mass is 674 g/mol. The van der Waals surface area contributed by atoms with Gasteiger partial charge >= 0.3 is 12.5 Å². The van der Waals surface area contributed by atoms with Gasteiger partial charge in [-0.05, 0) is 56.4 Å². The first-order valence-electron chi connectivity index (χ1n) is 15.3. The molecule has 1 unspecified atom stereocenters. The molecule has 0 bridgehead atoms. The molecule has 2 aromatic heterocycles. The number of nitrogens with zero attached hydrogens (tertiary/aromatic N) is 5. The number of carbonyl (C=O) groups excluding carboxylic acids is 1. The van der Waals surface area contributed by atoms with E-state index in [1.165, 1.54) is 35.3 Å². The van der Waals surface area contributed by atoms with Crippen molar-refractivity contribution in [1.29, 1.82) is 0 Å². The van der Waals surface area contributed by atoms with Gasteiger partial charge in [0.2, 0.25) is 17.7 Å². The summed E-state index contributed by atoms with van der Waals surface area (Å²) < 4.78 is 92.0. The second kappa shape index (κ2) is 17.2. The fourth-order valence-corrected chi connectivity index (χ4v) is 4.43. The minimum atomic E-state index is -4.83. The van der Waals surface area contributed by atoms with Crippen LogP contribution in [0.4, 0.5) is 32.2 Å². The highest BCUT2D eigenvalue weighted by Gasteiger charge is 2.31. The summed E-state index contributed by atoms with van der Waals surface area (Å²) in [6.07, 6.45) is -5.64. The maximum Gasteiger partial charge on any atom is 0.573 e. The molecule has 2 heterocycles. The number of rotatable bonds is 18. The number of amides is 1. The molecule has 0 spiro atoms. The van der Waals surface area contributed by atoms with Crippen LogP contribution in [0.1, 0.15) is 52.9 Å². The van der Waals surface area contributed by atoms with Gasteiger partial charge in [0.25, 0.3) is 0 Å². The van der Waals surface area contributed by atoms with Crippen LogP contribution < -0.4 is 14.8 Å². The van der Waals surface area contributed by atoms with Crippen LogP contribution in [-0.2, 0) is 9.53 Å². The molecule has 0 aliphatic heterocycles. The summed E-state index contributed by atoms with van der Waals surface area (Å²) in [6, 6.07) is 5.84. The topological polar surface area (TPSA) is 104 Å². The molecule has 0 saturated heterocycles. The SMILES string of the molecule is CCOCCCN(C)C(=O)[C@H](CC(C)CC)Nc1cc(OCCCC(F)(F)F)nc(-n2cnc(-c3ccc(OC(F)(F)F)cc3)c2)n1. The minimum Gasteiger partial charge on any atom is -0.477 e. The first kappa shape index (κ1) is 37.4. The van der Waals surface area contributed by atoms with Gasteiger partial charge in [0.1, 0.15) is 23.9 Å². The summed E-state index contributed by atoms with van der Waals surface area (Å²) in [7, 11) is 1.70. The van der Waals surface area contributed by atoms with E-state index in [4.69, 9.17) is 9.47 Å². The maximum atomic E-state index is 13.5. The zero-order valence-electron chi connectivity index (χ0n) is 26.7. The van der Waals surface area contributed by atoms with Crippen LogP contribution in [0.3, 0.4) is 0 Å². The second-order valence-corrected chi connectivity index (χ2v) is 11.0. The summed E-state index contributed by atoms with van der Waals surface area (Å²) in [5, 5.41) is 3.18. The quantitative estimate of drug-likeness (QED) is 0.113. The van der Waals surface area contributed by atoms with E-state index in [0.29, 0.717) is 43.9 Å². The molecule has 1 amide bonds. The third kappa shape index (κ3) is 12.9. The van der Waals surface area contributed by atoms with E-state index in [9.17, 15) is 31.1 Å². The molecule has 16 heteroatoms. The normalized spacial score (nSPS) is 13.2. The average Bonchev–Trinajstić information content (AvgIpc) is 3.50. The van der Waals surface area contributed by atoms with Gasteiger partial charge in [0.05, 0.1) is 12.3 Å². The van der Waals surface area contributed by atoms with E-state index < -0.39 is 30.8 Å². The van der Waals surface area contributed by atoms with Crippen LogP contribution in [0, 0.1) is 5.92 Å². The molecule has 260 valence electrons. The van der Waals surface area contributed by atoms with E-state index in [-0.39, 0.29) is 42.5 Å². The van der Waals surface area contributed by atoms with E-state index in [2.05, 4.69) is 25.0 Å². The Morgan fingerprint density at radius 1 is 1.04 bits per heavy atom. The van der Waals surface area contributed by atoms with Gasteiger partial charge in [-0.25, -0.2) is 4.98 Å². The molecule has 2 atom stereocenters. The molecule has 10 nitrogen and oxygen atoms in total. The molecule has 0 aliphatic carbocycles. The maximum absolute atomic E-state index is 13.5. The summed E-state index contributed by atoms with van der Waals surface area (Å²) in [6.45, 7) is 7.22. The predicted octanol–water partition coefficient (Wildman–Crippen LogP) is 7.05. The Labute approximate surface area is 269 Å². The minimum absolute atomic E-state index is 0.0246. The van der Waals surface area contributed by atoms with Gasteiger partial charge in [-0.15, -0.1) is 13.2 Å².